The maximum absolute atomic E-state index is 9.74. The van der Waals surface area contributed by atoms with E-state index in [1.807, 2.05) is 18.2 Å². The van der Waals surface area contributed by atoms with Crippen LogP contribution in [-0.2, 0) is 0 Å². The van der Waals surface area contributed by atoms with Gasteiger partial charge in [-0.1, -0.05) is 31.2 Å². The van der Waals surface area contributed by atoms with Crippen molar-refractivity contribution < 1.29 is 5.11 Å². The Morgan fingerprint density at radius 1 is 1.29 bits per heavy atom. The first kappa shape index (κ1) is 9.32. The molecule has 2 rings (SSSR count). The second-order valence-corrected chi connectivity index (χ2v) is 4.01. The molecular weight excluding hydrogens is 172 g/mol. The summed E-state index contributed by atoms with van der Waals surface area (Å²) in [5, 5.41) is 9.74. The minimum atomic E-state index is 0.410. The molecule has 0 aliphatic heterocycles. The summed E-state index contributed by atoms with van der Waals surface area (Å²) in [4.78, 5) is 0. The summed E-state index contributed by atoms with van der Waals surface area (Å²) < 4.78 is 0. The number of aromatic hydroxyl groups is 1. The summed E-state index contributed by atoms with van der Waals surface area (Å²) in [5.74, 6) is 0.990. The van der Waals surface area contributed by atoms with Gasteiger partial charge in [0.15, 0.2) is 0 Å². The average molecular weight is 188 g/mol. The standard InChI is InChI=1S/C13H16O/c1-10-6-2-3-7-11(10)12-8-4-5-9-13(12)14/h4-5,7-10,14H,2-3,6H2,1H3. The van der Waals surface area contributed by atoms with Crippen molar-refractivity contribution in [3.8, 4) is 5.75 Å². The molecule has 0 saturated heterocycles. The molecule has 0 fully saturated rings. The van der Waals surface area contributed by atoms with Gasteiger partial charge in [-0.05, 0) is 36.8 Å². The van der Waals surface area contributed by atoms with Crippen LogP contribution in [0.25, 0.3) is 5.57 Å². The first-order chi connectivity index (χ1) is 6.79. The Balaban J connectivity index is 2.39. The molecule has 0 bridgehead atoms. The van der Waals surface area contributed by atoms with Crippen LogP contribution in [0.2, 0.25) is 0 Å². The van der Waals surface area contributed by atoms with Crippen LogP contribution in [0.5, 0.6) is 5.75 Å². The predicted molar refractivity (Wildman–Crippen MR) is 59.1 cm³/mol. The highest BCUT2D eigenvalue weighted by molar-refractivity contribution is 5.72. The fraction of sp³-hybridized carbons (Fsp3) is 0.385. The molecule has 1 aliphatic rings. The summed E-state index contributed by atoms with van der Waals surface area (Å²) in [6, 6.07) is 7.62. The molecule has 1 aromatic carbocycles. The number of benzene rings is 1. The quantitative estimate of drug-likeness (QED) is 0.714. The van der Waals surface area contributed by atoms with Crippen molar-refractivity contribution in [2.24, 2.45) is 5.92 Å². The van der Waals surface area contributed by atoms with Crippen LogP contribution in [0.3, 0.4) is 0 Å². The lowest BCUT2D eigenvalue weighted by Crippen LogP contribution is -2.03. The highest BCUT2D eigenvalue weighted by atomic mass is 16.3. The van der Waals surface area contributed by atoms with E-state index in [-0.39, 0.29) is 0 Å². The van der Waals surface area contributed by atoms with E-state index in [2.05, 4.69) is 13.0 Å². The lowest BCUT2D eigenvalue weighted by atomic mass is 9.85. The zero-order valence-electron chi connectivity index (χ0n) is 8.53. The van der Waals surface area contributed by atoms with Crippen molar-refractivity contribution in [3.05, 3.63) is 35.9 Å². The van der Waals surface area contributed by atoms with E-state index in [0.29, 0.717) is 11.7 Å². The summed E-state index contributed by atoms with van der Waals surface area (Å²) >= 11 is 0. The predicted octanol–water partition coefficient (Wildman–Crippen LogP) is 3.60. The van der Waals surface area contributed by atoms with Crippen molar-refractivity contribution in [3.63, 3.8) is 0 Å². The Bertz CT molecular complexity index is 352. The minimum Gasteiger partial charge on any atom is -0.507 e. The minimum absolute atomic E-state index is 0.410. The van der Waals surface area contributed by atoms with Gasteiger partial charge >= 0.3 is 0 Å². The second-order valence-electron chi connectivity index (χ2n) is 4.01. The summed E-state index contributed by atoms with van der Waals surface area (Å²) in [6.45, 7) is 2.23. The van der Waals surface area contributed by atoms with Gasteiger partial charge in [-0.25, -0.2) is 0 Å². The second kappa shape index (κ2) is 3.87. The van der Waals surface area contributed by atoms with Crippen LogP contribution < -0.4 is 0 Å². The van der Waals surface area contributed by atoms with Crippen LogP contribution in [-0.4, -0.2) is 5.11 Å². The van der Waals surface area contributed by atoms with Gasteiger partial charge in [0.2, 0.25) is 0 Å². The van der Waals surface area contributed by atoms with Gasteiger partial charge in [0.1, 0.15) is 5.75 Å². The lowest BCUT2D eigenvalue weighted by Gasteiger charge is -2.21. The maximum atomic E-state index is 9.74. The third kappa shape index (κ3) is 1.67. The third-order valence-electron chi connectivity index (χ3n) is 2.95. The van der Waals surface area contributed by atoms with E-state index >= 15 is 0 Å². The molecule has 1 nitrogen and oxygen atoms in total. The largest absolute Gasteiger partial charge is 0.507 e. The number of para-hydroxylation sites is 1. The smallest absolute Gasteiger partial charge is 0.123 e. The molecule has 0 amide bonds. The normalized spacial score (nSPS) is 21.8. The molecule has 0 spiro atoms. The van der Waals surface area contributed by atoms with Gasteiger partial charge < -0.3 is 5.11 Å². The molecule has 14 heavy (non-hydrogen) atoms. The van der Waals surface area contributed by atoms with Crippen LogP contribution >= 0.6 is 0 Å². The molecule has 1 atom stereocenters. The number of hydrogen-bond donors (Lipinski definition) is 1. The van der Waals surface area contributed by atoms with Crippen molar-refractivity contribution in [2.75, 3.05) is 0 Å². The molecular formula is C13H16O. The zero-order chi connectivity index (χ0) is 9.97. The van der Waals surface area contributed by atoms with E-state index in [1.54, 1.807) is 6.07 Å². The Kier molecular flexibility index (Phi) is 2.58. The first-order valence-corrected chi connectivity index (χ1v) is 5.27. The summed E-state index contributed by atoms with van der Waals surface area (Å²) in [5.41, 5.74) is 2.33. The van der Waals surface area contributed by atoms with Crippen molar-refractivity contribution in [1.29, 1.82) is 0 Å². The average Bonchev–Trinajstić information content (AvgIpc) is 2.20. The third-order valence-corrected chi connectivity index (χ3v) is 2.95. The fourth-order valence-electron chi connectivity index (χ4n) is 2.13. The van der Waals surface area contributed by atoms with E-state index in [4.69, 9.17) is 0 Å². The topological polar surface area (TPSA) is 20.2 Å². The van der Waals surface area contributed by atoms with Crippen LogP contribution in [0, 0.1) is 5.92 Å². The molecule has 1 heteroatoms. The molecule has 1 aliphatic carbocycles. The molecule has 0 aromatic heterocycles. The summed E-state index contributed by atoms with van der Waals surface area (Å²) in [6.07, 6.45) is 5.93. The fourth-order valence-corrected chi connectivity index (χ4v) is 2.13. The highest BCUT2D eigenvalue weighted by Gasteiger charge is 2.16. The zero-order valence-corrected chi connectivity index (χ0v) is 8.53. The van der Waals surface area contributed by atoms with E-state index in [1.165, 1.54) is 18.4 Å². The number of rotatable bonds is 1. The van der Waals surface area contributed by atoms with Gasteiger partial charge in [0, 0.05) is 5.56 Å². The van der Waals surface area contributed by atoms with Crippen LogP contribution in [0.4, 0.5) is 0 Å². The molecule has 0 saturated carbocycles. The molecule has 1 N–H and O–H groups in total. The molecule has 0 heterocycles. The van der Waals surface area contributed by atoms with Gasteiger partial charge in [0.05, 0.1) is 0 Å². The van der Waals surface area contributed by atoms with E-state index in [9.17, 15) is 5.11 Å². The first-order valence-electron chi connectivity index (χ1n) is 5.27. The van der Waals surface area contributed by atoms with E-state index < -0.39 is 0 Å². The van der Waals surface area contributed by atoms with Gasteiger partial charge in [-0.2, -0.15) is 0 Å². The number of allylic oxidation sites excluding steroid dienone is 2. The number of phenols is 1. The Morgan fingerprint density at radius 3 is 2.79 bits per heavy atom. The Morgan fingerprint density at radius 2 is 2.07 bits per heavy atom. The SMILES string of the molecule is CC1CCCC=C1c1ccccc1O. The van der Waals surface area contributed by atoms with Gasteiger partial charge in [-0.3, -0.25) is 0 Å². The molecule has 0 radical (unpaired) electrons. The van der Waals surface area contributed by atoms with Gasteiger partial charge in [-0.15, -0.1) is 0 Å². The number of hydrogen-bond acceptors (Lipinski definition) is 1. The van der Waals surface area contributed by atoms with Crippen LogP contribution in [0.1, 0.15) is 31.7 Å². The van der Waals surface area contributed by atoms with Crippen molar-refractivity contribution in [2.45, 2.75) is 26.2 Å². The lowest BCUT2D eigenvalue weighted by molar-refractivity contribution is 0.471. The number of phenolic OH excluding ortho intramolecular Hbond substituents is 1. The summed E-state index contributed by atoms with van der Waals surface area (Å²) in [7, 11) is 0. The Hall–Kier alpha value is -1.24. The van der Waals surface area contributed by atoms with Crippen LogP contribution in [0.15, 0.2) is 30.3 Å². The maximum Gasteiger partial charge on any atom is 0.123 e. The highest BCUT2D eigenvalue weighted by Crippen LogP contribution is 2.35. The van der Waals surface area contributed by atoms with Gasteiger partial charge in [0.25, 0.3) is 0 Å². The molecule has 1 unspecified atom stereocenters. The monoisotopic (exact) mass is 188 g/mol. The molecule has 1 aromatic rings. The van der Waals surface area contributed by atoms with Crippen molar-refractivity contribution >= 4 is 5.57 Å². The van der Waals surface area contributed by atoms with E-state index in [0.717, 1.165) is 12.0 Å². The molecule has 74 valence electrons. The van der Waals surface area contributed by atoms with Crippen molar-refractivity contribution in [1.82, 2.24) is 0 Å². The Labute approximate surface area is 85.1 Å².